The Morgan fingerprint density at radius 3 is 0.962 bits per heavy atom. The lowest BCUT2D eigenvalue weighted by atomic mass is 9.79. The highest BCUT2D eigenvalue weighted by atomic mass is 16.3. The van der Waals surface area contributed by atoms with Crippen molar-refractivity contribution >= 4 is 109 Å². The van der Waals surface area contributed by atoms with Crippen LogP contribution in [0.2, 0.25) is 0 Å². The summed E-state index contributed by atoms with van der Waals surface area (Å²) in [5.41, 5.74) is 29.1. The van der Waals surface area contributed by atoms with Gasteiger partial charge in [0.25, 0.3) is 0 Å². The van der Waals surface area contributed by atoms with Gasteiger partial charge in [0.2, 0.25) is 0 Å². The molecule has 488 valence electrons. The first-order chi connectivity index (χ1) is 51.1. The molecule has 2 heteroatoms. The van der Waals surface area contributed by atoms with Crippen LogP contribution in [0.3, 0.4) is 0 Å². The minimum Gasteiger partial charge on any atom is -0.455 e. The number of rotatable bonds is 6. The Kier molecular flexibility index (Phi) is 13.1. The molecule has 0 N–H and O–H groups in total. The smallest absolute Gasteiger partial charge is 0.143 e. The molecule has 0 saturated carbocycles. The molecule has 18 aromatic carbocycles. The summed E-state index contributed by atoms with van der Waals surface area (Å²) in [6.07, 6.45) is 0. The molecule has 0 atom stereocenters. The maximum absolute atomic E-state index is 6.58. The summed E-state index contributed by atoms with van der Waals surface area (Å²) in [4.78, 5) is 0. The van der Waals surface area contributed by atoms with Crippen molar-refractivity contribution in [2.45, 2.75) is 38.5 Å². The molecular weight excluding hydrogens is 1260 g/mol. The van der Waals surface area contributed by atoms with E-state index in [9.17, 15) is 0 Å². The largest absolute Gasteiger partial charge is 0.455 e. The Bertz CT molecular complexity index is 6910. The van der Waals surface area contributed by atoms with Gasteiger partial charge in [0.1, 0.15) is 22.3 Å². The van der Waals surface area contributed by atoms with Crippen LogP contribution in [0.1, 0.15) is 49.9 Å². The van der Waals surface area contributed by atoms with Gasteiger partial charge in [-0.1, -0.05) is 343 Å². The van der Waals surface area contributed by atoms with Gasteiger partial charge in [0.15, 0.2) is 0 Å². The van der Waals surface area contributed by atoms with Crippen molar-refractivity contribution in [3.63, 3.8) is 0 Å². The quantitative estimate of drug-likeness (QED) is 0.155. The minimum absolute atomic E-state index is 0.0832. The summed E-state index contributed by atoms with van der Waals surface area (Å²) in [5.74, 6) is 0. The summed E-state index contributed by atoms with van der Waals surface area (Å²) in [6.45, 7) is 9.52. The van der Waals surface area contributed by atoms with Crippen LogP contribution >= 0.6 is 0 Å². The van der Waals surface area contributed by atoms with Crippen molar-refractivity contribution in [3.8, 4) is 89.0 Å². The highest BCUT2D eigenvalue weighted by molar-refractivity contribution is 6.25. The predicted octanol–water partition coefficient (Wildman–Crippen LogP) is 28.7. The first-order valence-corrected chi connectivity index (χ1v) is 36.4. The van der Waals surface area contributed by atoms with Crippen LogP contribution in [0.5, 0.6) is 0 Å². The molecule has 2 aliphatic rings. The fourth-order valence-corrected chi connectivity index (χ4v) is 18.7. The Balaban J connectivity index is 0.000000134. The molecule has 0 amide bonds. The van der Waals surface area contributed by atoms with Crippen molar-refractivity contribution < 1.29 is 8.83 Å². The van der Waals surface area contributed by atoms with Crippen LogP contribution < -0.4 is 0 Å². The molecule has 22 rings (SSSR count). The molecular formula is C102H68O2. The van der Waals surface area contributed by atoms with Crippen molar-refractivity contribution in [2.75, 3.05) is 0 Å². The first-order valence-electron chi connectivity index (χ1n) is 36.4. The second kappa shape index (κ2) is 22.8. The zero-order valence-electron chi connectivity index (χ0n) is 58.1. The third-order valence-corrected chi connectivity index (χ3v) is 23.3. The van der Waals surface area contributed by atoms with E-state index in [1.165, 1.54) is 159 Å². The third kappa shape index (κ3) is 8.82. The Morgan fingerprint density at radius 2 is 0.510 bits per heavy atom. The fraction of sp³-hybridized carbons (Fsp3) is 0.0588. The van der Waals surface area contributed by atoms with Crippen LogP contribution in [0, 0.1) is 0 Å². The molecule has 0 bridgehead atoms. The molecule has 2 aliphatic carbocycles. The van der Waals surface area contributed by atoms with E-state index in [0.29, 0.717) is 0 Å². The molecule has 0 spiro atoms. The summed E-state index contributed by atoms with van der Waals surface area (Å²) >= 11 is 0. The van der Waals surface area contributed by atoms with Gasteiger partial charge in [-0.05, 0) is 189 Å². The van der Waals surface area contributed by atoms with E-state index in [1.54, 1.807) is 0 Å². The normalized spacial score (nSPS) is 13.3. The van der Waals surface area contributed by atoms with Gasteiger partial charge in [-0.3, -0.25) is 0 Å². The minimum atomic E-state index is -0.0928. The standard InChI is InChI=1S/2C51H34O/c1-51(2)45-29-27-34(30-44(45)42-28-26-31-12-3-4-13-35(31)49(42)51)48-40-17-7-5-15-38(40)47(39-16-6-8-18-41(39)48)33-24-22-32(23-25-33)36-19-11-20-43-37-14-9-10-21-46(37)52-50(36)43;1-51(2)45-29-27-32(30-44(45)41-28-26-31-14-3-4-15-33(31)49(41)51)47-37-19-7-9-21-39(37)48(40-22-10-8-20-38(40)47)36-18-6-5-16-34(36)42-23-13-24-43-35-17-11-12-25-46(35)52-50(42)43/h2*3-30H,1-2H3. The molecule has 2 nitrogen and oxygen atoms in total. The van der Waals surface area contributed by atoms with Crippen LogP contribution in [0.4, 0.5) is 0 Å². The highest BCUT2D eigenvalue weighted by Gasteiger charge is 2.39. The number of fused-ring (bicyclic) bond motifs is 20. The lowest BCUT2D eigenvalue weighted by Crippen LogP contribution is -2.15. The Labute approximate surface area is 603 Å². The van der Waals surface area contributed by atoms with E-state index >= 15 is 0 Å². The molecule has 20 aromatic rings. The number of benzene rings is 18. The second-order valence-corrected chi connectivity index (χ2v) is 29.6. The molecule has 2 heterocycles. The second-order valence-electron chi connectivity index (χ2n) is 29.6. The van der Waals surface area contributed by atoms with E-state index in [4.69, 9.17) is 8.83 Å². The highest BCUT2D eigenvalue weighted by Crippen LogP contribution is 2.57. The van der Waals surface area contributed by atoms with E-state index in [0.717, 1.165) is 60.6 Å². The number of para-hydroxylation sites is 4. The van der Waals surface area contributed by atoms with Crippen molar-refractivity contribution in [1.82, 2.24) is 0 Å². The fourth-order valence-electron chi connectivity index (χ4n) is 18.7. The van der Waals surface area contributed by atoms with Crippen LogP contribution in [-0.2, 0) is 10.8 Å². The SMILES string of the molecule is CC1(C)c2ccc(-c3c4ccccc4c(-c4ccc(-c5cccc6c5oc5ccccc56)cc4)c4ccccc34)cc2-c2ccc3ccccc3c21.CC1(C)c2ccc(-c3c4ccccc4c(-c4ccccc4-c4cccc5c4oc4ccccc45)c4ccccc34)cc2-c2ccc3ccccc3c21. The van der Waals surface area contributed by atoms with Gasteiger partial charge < -0.3 is 8.83 Å². The van der Waals surface area contributed by atoms with Crippen LogP contribution in [-0.4, -0.2) is 0 Å². The van der Waals surface area contributed by atoms with Crippen molar-refractivity contribution in [2.24, 2.45) is 0 Å². The van der Waals surface area contributed by atoms with E-state index in [-0.39, 0.29) is 10.8 Å². The first kappa shape index (κ1) is 59.9. The van der Waals surface area contributed by atoms with Gasteiger partial charge in [0, 0.05) is 43.5 Å². The molecule has 0 fully saturated rings. The van der Waals surface area contributed by atoms with Gasteiger partial charge in [-0.2, -0.15) is 0 Å². The third-order valence-electron chi connectivity index (χ3n) is 23.3. The average molecular weight is 1330 g/mol. The van der Waals surface area contributed by atoms with E-state index in [1.807, 2.05) is 18.2 Å². The van der Waals surface area contributed by atoms with Crippen molar-refractivity contribution in [3.05, 3.63) is 362 Å². The maximum Gasteiger partial charge on any atom is 0.143 e. The molecule has 0 unspecified atom stereocenters. The summed E-state index contributed by atoms with van der Waals surface area (Å²) in [5, 5.41) is 19.9. The van der Waals surface area contributed by atoms with Gasteiger partial charge in [-0.25, -0.2) is 0 Å². The topological polar surface area (TPSA) is 26.3 Å². The van der Waals surface area contributed by atoms with Gasteiger partial charge >= 0.3 is 0 Å². The predicted molar refractivity (Wildman–Crippen MR) is 440 cm³/mol. The van der Waals surface area contributed by atoms with Crippen LogP contribution in [0.25, 0.3) is 198 Å². The zero-order valence-corrected chi connectivity index (χ0v) is 58.1. The van der Waals surface area contributed by atoms with E-state index in [2.05, 4.69) is 349 Å². The number of furan rings is 2. The maximum atomic E-state index is 6.58. The van der Waals surface area contributed by atoms with E-state index < -0.39 is 0 Å². The number of hydrogen-bond acceptors (Lipinski definition) is 2. The Morgan fingerprint density at radius 1 is 0.192 bits per heavy atom. The summed E-state index contributed by atoms with van der Waals surface area (Å²) < 4.78 is 13.0. The zero-order chi connectivity index (χ0) is 69.1. The van der Waals surface area contributed by atoms with Crippen LogP contribution in [0.15, 0.2) is 349 Å². The van der Waals surface area contributed by atoms with Gasteiger partial charge in [-0.15, -0.1) is 0 Å². The monoisotopic (exact) mass is 1320 g/mol. The molecule has 0 radical (unpaired) electrons. The Hall–Kier alpha value is -12.9. The summed E-state index contributed by atoms with van der Waals surface area (Å²) in [7, 11) is 0. The summed E-state index contributed by atoms with van der Waals surface area (Å²) in [6, 6.07) is 125. The lowest BCUT2D eigenvalue weighted by molar-refractivity contribution is 0.666. The average Bonchev–Trinajstić information content (AvgIpc) is 1.24. The molecule has 0 aliphatic heterocycles. The van der Waals surface area contributed by atoms with Crippen molar-refractivity contribution in [1.29, 1.82) is 0 Å². The molecule has 104 heavy (non-hydrogen) atoms. The number of hydrogen-bond donors (Lipinski definition) is 0. The lowest BCUT2D eigenvalue weighted by Gasteiger charge is -2.23. The van der Waals surface area contributed by atoms with Gasteiger partial charge in [0.05, 0.1) is 0 Å². The molecule has 0 saturated heterocycles. The molecule has 2 aromatic heterocycles.